The van der Waals surface area contributed by atoms with Gasteiger partial charge >= 0.3 is 6.09 Å². The minimum Gasteiger partial charge on any atom is -0.493 e. The molecule has 3 aromatic rings. The molecule has 2 unspecified atom stereocenters. The fraction of sp³-hybridized carbons (Fsp3) is 0.385. The van der Waals surface area contributed by atoms with Crippen LogP contribution in [-0.4, -0.2) is 58.3 Å². The van der Waals surface area contributed by atoms with Crippen LogP contribution in [0.3, 0.4) is 0 Å². The van der Waals surface area contributed by atoms with Crippen LogP contribution < -0.4 is 20.5 Å². The second-order valence-corrected chi connectivity index (χ2v) is 10.3. The molecule has 2 aromatic carbocycles. The number of likely N-dealkylation sites (tertiary alicyclic amines) is 1. The smallest absolute Gasteiger partial charge is 0.410 e. The zero-order chi connectivity index (χ0) is 28.5. The molecular weight excluding hydrogens is 536 g/mol. The number of aromatic nitrogens is 2. The fourth-order valence-corrected chi connectivity index (χ4v) is 4.36. The molecule has 39 heavy (non-hydrogen) atoms. The number of benzene rings is 2. The Kier molecular flexibility index (Phi) is 7.96. The topological polar surface area (TPSA) is 129 Å². The van der Waals surface area contributed by atoms with Crippen molar-refractivity contribution in [2.24, 2.45) is 5.73 Å². The van der Waals surface area contributed by atoms with Gasteiger partial charge in [-0.25, -0.2) is 23.5 Å². The van der Waals surface area contributed by atoms with Crippen LogP contribution in [0.5, 0.6) is 11.5 Å². The van der Waals surface area contributed by atoms with Gasteiger partial charge in [-0.2, -0.15) is 0 Å². The molecule has 2 amide bonds. The van der Waals surface area contributed by atoms with Crippen molar-refractivity contribution in [3.8, 4) is 11.5 Å². The molecule has 1 aliphatic heterocycles. The van der Waals surface area contributed by atoms with Gasteiger partial charge in [-0.15, -0.1) is 0 Å². The second-order valence-electron chi connectivity index (χ2n) is 9.95. The number of halogens is 3. The van der Waals surface area contributed by atoms with E-state index in [1.165, 1.54) is 24.4 Å². The molecular formula is C26H28ClF2N5O5. The molecule has 2 heterocycles. The third kappa shape index (κ3) is 6.22. The van der Waals surface area contributed by atoms with Crippen molar-refractivity contribution in [2.45, 2.75) is 51.4 Å². The number of carbonyl (C=O) groups excluding carboxylic acids is 2. The molecule has 1 aliphatic rings. The molecule has 13 heteroatoms. The third-order valence-corrected chi connectivity index (χ3v) is 6.36. The molecule has 208 valence electrons. The van der Waals surface area contributed by atoms with Gasteiger partial charge in [0.1, 0.15) is 40.7 Å². The lowest BCUT2D eigenvalue weighted by Crippen LogP contribution is -2.55. The molecule has 2 atom stereocenters. The summed E-state index contributed by atoms with van der Waals surface area (Å²) in [6.45, 7) is 5.39. The molecule has 0 bridgehead atoms. The number of hydrogen-bond donors (Lipinski definition) is 2. The Morgan fingerprint density at radius 1 is 1.18 bits per heavy atom. The SMILES string of the molecule is COc1cc2ncnc(Nc3ccc(F)c(Cl)c3F)c2cc1OC1CCN(C(=O)OC(C)(C)C)C(C(N)=O)C1. The van der Waals surface area contributed by atoms with E-state index in [9.17, 15) is 18.4 Å². The quantitative estimate of drug-likeness (QED) is 0.403. The van der Waals surface area contributed by atoms with E-state index < -0.39 is 46.4 Å². The number of ether oxygens (including phenoxy) is 3. The minimum absolute atomic E-state index is 0.0847. The Balaban J connectivity index is 1.61. The number of fused-ring (bicyclic) bond motifs is 1. The molecule has 1 saturated heterocycles. The van der Waals surface area contributed by atoms with E-state index in [-0.39, 0.29) is 24.5 Å². The van der Waals surface area contributed by atoms with Crippen molar-refractivity contribution in [1.29, 1.82) is 0 Å². The average Bonchev–Trinajstić information content (AvgIpc) is 2.87. The largest absolute Gasteiger partial charge is 0.493 e. The number of primary amides is 1. The van der Waals surface area contributed by atoms with E-state index in [1.54, 1.807) is 32.9 Å². The first-order valence-electron chi connectivity index (χ1n) is 12.1. The summed E-state index contributed by atoms with van der Waals surface area (Å²) in [6.07, 6.45) is 0.666. The first kappa shape index (κ1) is 28.1. The van der Waals surface area contributed by atoms with Gasteiger partial charge < -0.3 is 25.3 Å². The highest BCUT2D eigenvalue weighted by Crippen LogP contribution is 2.37. The molecule has 1 aromatic heterocycles. The monoisotopic (exact) mass is 563 g/mol. The lowest BCUT2D eigenvalue weighted by molar-refractivity contribution is -0.125. The zero-order valence-corrected chi connectivity index (χ0v) is 22.5. The van der Waals surface area contributed by atoms with E-state index >= 15 is 0 Å². The Bertz CT molecular complexity index is 1420. The molecule has 0 saturated carbocycles. The van der Waals surface area contributed by atoms with Crippen molar-refractivity contribution in [3.63, 3.8) is 0 Å². The molecule has 10 nitrogen and oxygen atoms in total. The Hall–Kier alpha value is -3.93. The van der Waals surface area contributed by atoms with Crippen molar-refractivity contribution < 1.29 is 32.6 Å². The van der Waals surface area contributed by atoms with Gasteiger partial charge in [0.2, 0.25) is 5.91 Å². The van der Waals surface area contributed by atoms with Gasteiger partial charge in [0.05, 0.1) is 18.3 Å². The van der Waals surface area contributed by atoms with Crippen molar-refractivity contribution in [2.75, 3.05) is 19.0 Å². The number of amides is 2. The number of hydrogen-bond acceptors (Lipinski definition) is 8. The first-order chi connectivity index (χ1) is 18.4. The second kappa shape index (κ2) is 11.0. The van der Waals surface area contributed by atoms with Crippen LogP contribution in [0, 0.1) is 11.6 Å². The number of nitrogens with one attached hydrogen (secondary N) is 1. The van der Waals surface area contributed by atoms with Gasteiger partial charge in [0.15, 0.2) is 17.3 Å². The van der Waals surface area contributed by atoms with Crippen LogP contribution in [-0.2, 0) is 9.53 Å². The van der Waals surface area contributed by atoms with Gasteiger partial charge in [-0.1, -0.05) is 11.6 Å². The van der Waals surface area contributed by atoms with Gasteiger partial charge in [-0.3, -0.25) is 9.69 Å². The summed E-state index contributed by atoms with van der Waals surface area (Å²) in [4.78, 5) is 34.6. The van der Waals surface area contributed by atoms with Crippen LogP contribution in [0.15, 0.2) is 30.6 Å². The normalized spacial score (nSPS) is 17.6. The number of carbonyl (C=O) groups is 2. The van der Waals surface area contributed by atoms with E-state index in [2.05, 4.69) is 15.3 Å². The predicted octanol–water partition coefficient (Wildman–Crippen LogP) is 4.95. The summed E-state index contributed by atoms with van der Waals surface area (Å²) in [5.41, 5.74) is 5.25. The van der Waals surface area contributed by atoms with Crippen molar-refractivity contribution >= 4 is 46.0 Å². The van der Waals surface area contributed by atoms with Gasteiger partial charge in [0.25, 0.3) is 0 Å². The molecule has 3 N–H and O–H groups in total. The molecule has 1 fully saturated rings. The van der Waals surface area contributed by atoms with E-state index in [1.807, 2.05) is 0 Å². The zero-order valence-electron chi connectivity index (χ0n) is 21.8. The molecule has 0 spiro atoms. The van der Waals surface area contributed by atoms with E-state index in [0.29, 0.717) is 28.8 Å². The predicted molar refractivity (Wildman–Crippen MR) is 140 cm³/mol. The lowest BCUT2D eigenvalue weighted by atomic mass is 9.99. The van der Waals surface area contributed by atoms with Crippen LogP contribution in [0.4, 0.5) is 25.1 Å². The number of methoxy groups -OCH3 is 1. The van der Waals surface area contributed by atoms with Crippen LogP contribution in [0.25, 0.3) is 10.9 Å². The Labute approximate surface area is 228 Å². The summed E-state index contributed by atoms with van der Waals surface area (Å²) in [6, 6.07) is 4.53. The summed E-state index contributed by atoms with van der Waals surface area (Å²) >= 11 is 5.71. The first-order valence-corrected chi connectivity index (χ1v) is 12.4. The number of rotatable bonds is 6. The van der Waals surface area contributed by atoms with Crippen LogP contribution >= 0.6 is 11.6 Å². The highest BCUT2D eigenvalue weighted by molar-refractivity contribution is 6.31. The average molecular weight is 564 g/mol. The van der Waals surface area contributed by atoms with Crippen molar-refractivity contribution in [3.05, 3.63) is 47.2 Å². The maximum absolute atomic E-state index is 14.5. The summed E-state index contributed by atoms with van der Waals surface area (Å²) < 4.78 is 45.3. The molecule has 0 radical (unpaired) electrons. The maximum Gasteiger partial charge on any atom is 0.410 e. The fourth-order valence-electron chi connectivity index (χ4n) is 4.19. The minimum atomic E-state index is -0.970. The Morgan fingerprint density at radius 3 is 2.59 bits per heavy atom. The molecule has 0 aliphatic carbocycles. The molecule has 4 rings (SSSR count). The highest BCUT2D eigenvalue weighted by atomic mass is 35.5. The summed E-state index contributed by atoms with van der Waals surface area (Å²) in [5.74, 6) is -1.67. The maximum atomic E-state index is 14.5. The lowest BCUT2D eigenvalue weighted by Gasteiger charge is -2.38. The van der Waals surface area contributed by atoms with Crippen molar-refractivity contribution in [1.82, 2.24) is 14.9 Å². The van der Waals surface area contributed by atoms with Crippen LogP contribution in [0.1, 0.15) is 33.6 Å². The number of piperidine rings is 1. The number of nitrogens with zero attached hydrogens (tertiary/aromatic N) is 3. The third-order valence-electron chi connectivity index (χ3n) is 6.01. The number of nitrogens with two attached hydrogens (primary N) is 1. The van der Waals surface area contributed by atoms with Gasteiger partial charge in [-0.05, 0) is 39.0 Å². The standard InChI is InChI=1S/C26H28ClF2N5O5/c1-26(2,3)39-25(36)34-8-7-13(9-18(34)23(30)35)38-20-10-14-17(11-19(20)37-4)31-12-32-24(14)33-16-6-5-15(28)21(27)22(16)29/h5-6,10-13,18H,7-9H2,1-4H3,(H2,30,35)(H,31,32,33). The van der Waals surface area contributed by atoms with E-state index in [0.717, 1.165) is 6.07 Å². The van der Waals surface area contributed by atoms with Gasteiger partial charge in [0, 0.05) is 30.8 Å². The summed E-state index contributed by atoms with van der Waals surface area (Å²) in [7, 11) is 1.46. The highest BCUT2D eigenvalue weighted by Gasteiger charge is 2.38. The Morgan fingerprint density at radius 2 is 1.92 bits per heavy atom. The van der Waals surface area contributed by atoms with E-state index in [4.69, 9.17) is 31.5 Å². The van der Waals surface area contributed by atoms with Crippen LogP contribution in [0.2, 0.25) is 5.02 Å². The number of anilines is 2. The summed E-state index contributed by atoms with van der Waals surface area (Å²) in [5, 5.41) is 2.62.